The first-order chi connectivity index (χ1) is 10.2. The average molecular weight is 283 g/mol. The van der Waals surface area contributed by atoms with Crippen molar-refractivity contribution in [3.8, 4) is 0 Å². The van der Waals surface area contributed by atoms with E-state index in [9.17, 15) is 0 Å². The van der Waals surface area contributed by atoms with Crippen molar-refractivity contribution < 1.29 is 0 Å². The Labute approximate surface area is 128 Å². The Kier molecular flexibility index (Phi) is 5.90. The van der Waals surface area contributed by atoms with Crippen molar-refractivity contribution in [3.05, 3.63) is 65.0 Å². The van der Waals surface area contributed by atoms with Crippen LogP contribution in [0.4, 0.5) is 0 Å². The summed E-state index contributed by atoms with van der Waals surface area (Å²) in [6.45, 7) is 7.92. The van der Waals surface area contributed by atoms with Crippen molar-refractivity contribution in [3.63, 3.8) is 0 Å². The molecule has 21 heavy (non-hydrogen) atoms. The lowest BCUT2D eigenvalue weighted by molar-refractivity contribution is 0.313. The van der Waals surface area contributed by atoms with Crippen LogP contribution in [0.3, 0.4) is 0 Å². The summed E-state index contributed by atoms with van der Waals surface area (Å²) in [5.41, 5.74) is 4.96. The second-order valence-electron chi connectivity index (χ2n) is 5.49. The SMILES string of the molecule is CCNCc1ccccc1CN(C)Cc1cccc(C)n1. The Bertz CT molecular complexity index is 566. The van der Waals surface area contributed by atoms with E-state index in [0.29, 0.717) is 0 Å². The quantitative estimate of drug-likeness (QED) is 0.846. The molecule has 0 radical (unpaired) electrons. The summed E-state index contributed by atoms with van der Waals surface area (Å²) in [5, 5.41) is 3.40. The second-order valence-corrected chi connectivity index (χ2v) is 5.49. The van der Waals surface area contributed by atoms with E-state index in [0.717, 1.165) is 37.6 Å². The van der Waals surface area contributed by atoms with E-state index in [1.807, 2.05) is 13.0 Å². The first-order valence-electron chi connectivity index (χ1n) is 7.57. The topological polar surface area (TPSA) is 28.2 Å². The minimum atomic E-state index is 0.872. The number of nitrogens with zero attached hydrogens (tertiary/aromatic N) is 2. The van der Waals surface area contributed by atoms with Crippen LogP contribution in [0, 0.1) is 6.92 Å². The predicted molar refractivity (Wildman–Crippen MR) is 88.0 cm³/mol. The Hall–Kier alpha value is -1.71. The Morgan fingerprint density at radius 1 is 1.00 bits per heavy atom. The molecule has 0 fully saturated rings. The zero-order valence-electron chi connectivity index (χ0n) is 13.3. The van der Waals surface area contributed by atoms with Crippen LogP contribution >= 0.6 is 0 Å². The number of aryl methyl sites for hydroxylation is 1. The number of hydrogen-bond donors (Lipinski definition) is 1. The highest BCUT2D eigenvalue weighted by Gasteiger charge is 2.06. The number of rotatable bonds is 7. The smallest absolute Gasteiger partial charge is 0.0547 e. The van der Waals surface area contributed by atoms with Gasteiger partial charge in [0, 0.05) is 25.3 Å². The zero-order valence-corrected chi connectivity index (χ0v) is 13.3. The molecule has 0 spiro atoms. The number of pyridine rings is 1. The minimum Gasteiger partial charge on any atom is -0.313 e. The van der Waals surface area contributed by atoms with Crippen LogP contribution in [0.2, 0.25) is 0 Å². The van der Waals surface area contributed by atoms with E-state index in [-0.39, 0.29) is 0 Å². The third-order valence-corrected chi connectivity index (χ3v) is 3.50. The van der Waals surface area contributed by atoms with Crippen LogP contribution in [0.15, 0.2) is 42.5 Å². The molecule has 2 rings (SSSR count). The van der Waals surface area contributed by atoms with E-state index >= 15 is 0 Å². The average Bonchev–Trinajstić information content (AvgIpc) is 2.46. The molecule has 0 aliphatic rings. The molecular formula is C18H25N3. The first kappa shape index (κ1) is 15.7. The molecule has 1 aromatic carbocycles. The minimum absolute atomic E-state index is 0.872. The van der Waals surface area contributed by atoms with Crippen LogP contribution in [0.25, 0.3) is 0 Å². The van der Waals surface area contributed by atoms with Gasteiger partial charge in [0.15, 0.2) is 0 Å². The van der Waals surface area contributed by atoms with E-state index < -0.39 is 0 Å². The highest BCUT2D eigenvalue weighted by atomic mass is 15.1. The highest BCUT2D eigenvalue weighted by molar-refractivity contribution is 5.27. The largest absolute Gasteiger partial charge is 0.313 e. The lowest BCUT2D eigenvalue weighted by Crippen LogP contribution is -2.20. The molecule has 0 aliphatic carbocycles. The van der Waals surface area contributed by atoms with Crippen LogP contribution in [-0.4, -0.2) is 23.5 Å². The van der Waals surface area contributed by atoms with Gasteiger partial charge in [-0.05, 0) is 43.8 Å². The maximum Gasteiger partial charge on any atom is 0.0547 e. The van der Waals surface area contributed by atoms with Crippen LogP contribution in [-0.2, 0) is 19.6 Å². The Morgan fingerprint density at radius 2 is 1.76 bits per heavy atom. The van der Waals surface area contributed by atoms with Crippen LogP contribution in [0.5, 0.6) is 0 Å². The number of aromatic nitrogens is 1. The van der Waals surface area contributed by atoms with Gasteiger partial charge < -0.3 is 5.32 Å². The second kappa shape index (κ2) is 7.91. The number of nitrogens with one attached hydrogen (secondary N) is 1. The molecule has 2 aromatic rings. The molecule has 0 amide bonds. The molecule has 112 valence electrons. The van der Waals surface area contributed by atoms with Gasteiger partial charge in [-0.15, -0.1) is 0 Å². The third-order valence-electron chi connectivity index (χ3n) is 3.50. The molecule has 0 bridgehead atoms. The van der Waals surface area contributed by atoms with Gasteiger partial charge in [0.1, 0.15) is 0 Å². The first-order valence-corrected chi connectivity index (χ1v) is 7.57. The molecule has 0 atom stereocenters. The van der Waals surface area contributed by atoms with Gasteiger partial charge in [0.25, 0.3) is 0 Å². The lowest BCUT2D eigenvalue weighted by Gasteiger charge is -2.19. The Balaban J connectivity index is 2.00. The highest BCUT2D eigenvalue weighted by Crippen LogP contribution is 2.12. The fourth-order valence-corrected chi connectivity index (χ4v) is 2.45. The summed E-state index contributed by atoms with van der Waals surface area (Å²) in [6, 6.07) is 14.8. The van der Waals surface area contributed by atoms with Gasteiger partial charge in [-0.2, -0.15) is 0 Å². The van der Waals surface area contributed by atoms with E-state index in [4.69, 9.17) is 0 Å². The van der Waals surface area contributed by atoms with E-state index in [1.165, 1.54) is 11.1 Å². The molecule has 1 aromatic heterocycles. The van der Waals surface area contributed by atoms with Crippen molar-refractivity contribution in [2.45, 2.75) is 33.5 Å². The molecule has 0 saturated carbocycles. The molecule has 0 saturated heterocycles. The molecule has 3 nitrogen and oxygen atoms in total. The van der Waals surface area contributed by atoms with Crippen molar-refractivity contribution in [1.29, 1.82) is 0 Å². The van der Waals surface area contributed by atoms with Gasteiger partial charge >= 0.3 is 0 Å². The Morgan fingerprint density at radius 3 is 2.48 bits per heavy atom. The summed E-state index contributed by atoms with van der Waals surface area (Å²) in [5.74, 6) is 0. The summed E-state index contributed by atoms with van der Waals surface area (Å²) in [7, 11) is 2.15. The van der Waals surface area contributed by atoms with Crippen molar-refractivity contribution in [2.75, 3.05) is 13.6 Å². The fourth-order valence-electron chi connectivity index (χ4n) is 2.45. The maximum absolute atomic E-state index is 4.57. The summed E-state index contributed by atoms with van der Waals surface area (Å²) in [4.78, 5) is 6.88. The molecule has 0 unspecified atom stereocenters. The van der Waals surface area contributed by atoms with Gasteiger partial charge in [-0.3, -0.25) is 9.88 Å². The molecular weight excluding hydrogens is 258 g/mol. The van der Waals surface area contributed by atoms with Crippen molar-refractivity contribution in [2.24, 2.45) is 0 Å². The zero-order chi connectivity index (χ0) is 15.1. The maximum atomic E-state index is 4.57. The lowest BCUT2D eigenvalue weighted by atomic mass is 10.1. The normalized spacial score (nSPS) is 11.0. The summed E-state index contributed by atoms with van der Waals surface area (Å²) >= 11 is 0. The standard InChI is InChI=1S/C18H25N3/c1-4-19-12-16-9-5-6-10-17(16)13-21(3)14-18-11-7-8-15(2)20-18/h5-11,19H,4,12-14H2,1-3H3. The van der Waals surface area contributed by atoms with Gasteiger partial charge in [-0.25, -0.2) is 0 Å². The molecule has 0 aliphatic heterocycles. The monoisotopic (exact) mass is 283 g/mol. The molecule has 1 N–H and O–H groups in total. The van der Waals surface area contributed by atoms with Crippen LogP contribution in [0.1, 0.15) is 29.4 Å². The molecule has 3 heteroatoms. The molecule has 1 heterocycles. The van der Waals surface area contributed by atoms with Gasteiger partial charge in [0.05, 0.1) is 5.69 Å². The van der Waals surface area contributed by atoms with Gasteiger partial charge in [-0.1, -0.05) is 37.3 Å². The predicted octanol–water partition coefficient (Wildman–Crippen LogP) is 3.13. The van der Waals surface area contributed by atoms with Crippen molar-refractivity contribution in [1.82, 2.24) is 15.2 Å². The van der Waals surface area contributed by atoms with E-state index in [1.54, 1.807) is 0 Å². The van der Waals surface area contributed by atoms with Crippen molar-refractivity contribution >= 4 is 0 Å². The number of hydrogen-bond acceptors (Lipinski definition) is 3. The summed E-state index contributed by atoms with van der Waals surface area (Å²) < 4.78 is 0. The fraction of sp³-hybridized carbons (Fsp3) is 0.389. The van der Waals surface area contributed by atoms with E-state index in [2.05, 4.69) is 65.6 Å². The van der Waals surface area contributed by atoms with Crippen LogP contribution < -0.4 is 5.32 Å². The third kappa shape index (κ3) is 4.96. The van der Waals surface area contributed by atoms with Gasteiger partial charge in [0.2, 0.25) is 0 Å². The summed E-state index contributed by atoms with van der Waals surface area (Å²) in [6.07, 6.45) is 0. The number of benzene rings is 1.